The SMILES string of the molecule is Nc1ccc(-c2ccc(N)c(OC(F)(F)F)c2OC(F)(F)F)cc1OC(F)(F)F. The van der Waals surface area contributed by atoms with Gasteiger partial charge in [-0.2, -0.15) is 0 Å². The number of alkyl halides is 9. The van der Waals surface area contributed by atoms with Gasteiger partial charge in [0, 0.05) is 5.56 Å². The highest BCUT2D eigenvalue weighted by molar-refractivity contribution is 5.80. The summed E-state index contributed by atoms with van der Waals surface area (Å²) in [6.45, 7) is 0. The lowest BCUT2D eigenvalue weighted by Crippen LogP contribution is -2.22. The summed E-state index contributed by atoms with van der Waals surface area (Å²) in [6, 6.07) is 3.89. The maximum Gasteiger partial charge on any atom is 0.573 e. The summed E-state index contributed by atoms with van der Waals surface area (Å²) < 4.78 is 124. The van der Waals surface area contributed by atoms with Crippen LogP contribution in [0.15, 0.2) is 30.3 Å². The summed E-state index contributed by atoms with van der Waals surface area (Å²) in [7, 11) is 0. The zero-order chi connectivity index (χ0) is 22.2. The van der Waals surface area contributed by atoms with Crippen LogP contribution in [0.1, 0.15) is 0 Å². The first kappa shape index (κ1) is 22.1. The second-order valence-electron chi connectivity index (χ2n) is 5.26. The average Bonchev–Trinajstić information content (AvgIpc) is 2.50. The summed E-state index contributed by atoms with van der Waals surface area (Å²) in [4.78, 5) is 0. The molecule has 0 bridgehead atoms. The van der Waals surface area contributed by atoms with Crippen LogP contribution in [0, 0.1) is 0 Å². The van der Waals surface area contributed by atoms with Gasteiger partial charge in [0.25, 0.3) is 0 Å². The van der Waals surface area contributed by atoms with E-state index in [4.69, 9.17) is 11.5 Å². The number of nitrogen functional groups attached to an aromatic ring is 2. The van der Waals surface area contributed by atoms with Gasteiger partial charge in [0.2, 0.25) is 0 Å². The number of ether oxygens (including phenoxy) is 3. The minimum absolute atomic E-state index is 0.454. The van der Waals surface area contributed by atoms with E-state index in [9.17, 15) is 39.5 Å². The third-order valence-corrected chi connectivity index (χ3v) is 3.13. The summed E-state index contributed by atoms with van der Waals surface area (Å²) in [5.41, 5.74) is 8.01. The number of benzene rings is 2. The number of rotatable bonds is 4. The Morgan fingerprint density at radius 2 is 1.07 bits per heavy atom. The van der Waals surface area contributed by atoms with Crippen LogP contribution in [0.2, 0.25) is 0 Å². The number of nitrogens with two attached hydrogens (primary N) is 2. The molecule has 0 aromatic heterocycles. The van der Waals surface area contributed by atoms with Gasteiger partial charge in [-0.15, -0.1) is 39.5 Å². The van der Waals surface area contributed by atoms with Crippen LogP contribution < -0.4 is 25.7 Å². The molecule has 0 atom stereocenters. The van der Waals surface area contributed by atoms with Crippen molar-refractivity contribution in [2.24, 2.45) is 0 Å². The van der Waals surface area contributed by atoms with Crippen LogP contribution in [0.5, 0.6) is 17.2 Å². The summed E-state index contributed by atoms with van der Waals surface area (Å²) >= 11 is 0. The van der Waals surface area contributed by atoms with E-state index in [-0.39, 0.29) is 0 Å². The molecule has 5 nitrogen and oxygen atoms in total. The number of hydrogen-bond donors (Lipinski definition) is 2. The molecule has 0 radical (unpaired) electrons. The van der Waals surface area contributed by atoms with Gasteiger partial charge < -0.3 is 25.7 Å². The fourth-order valence-corrected chi connectivity index (χ4v) is 2.16. The van der Waals surface area contributed by atoms with Gasteiger partial charge in [-0.1, -0.05) is 6.07 Å². The Bertz CT molecular complexity index is 892. The van der Waals surface area contributed by atoms with Crippen molar-refractivity contribution in [1.82, 2.24) is 0 Å². The van der Waals surface area contributed by atoms with E-state index in [1.165, 1.54) is 0 Å². The molecule has 14 heteroatoms. The monoisotopic (exact) mass is 436 g/mol. The molecule has 0 aliphatic rings. The molecule has 0 fully saturated rings. The van der Waals surface area contributed by atoms with Crippen LogP contribution in [-0.2, 0) is 0 Å². The molecule has 160 valence electrons. The van der Waals surface area contributed by atoms with Gasteiger partial charge in [0.05, 0.1) is 11.4 Å². The van der Waals surface area contributed by atoms with Crippen LogP contribution in [0.4, 0.5) is 50.9 Å². The first-order valence-corrected chi connectivity index (χ1v) is 7.15. The summed E-state index contributed by atoms with van der Waals surface area (Å²) in [6.07, 6.45) is -16.1. The Morgan fingerprint density at radius 3 is 1.59 bits per heavy atom. The lowest BCUT2D eigenvalue weighted by molar-refractivity contribution is -0.286. The Morgan fingerprint density at radius 1 is 0.586 bits per heavy atom. The smallest absolute Gasteiger partial charge is 0.404 e. The fraction of sp³-hybridized carbons (Fsp3) is 0.200. The zero-order valence-corrected chi connectivity index (χ0v) is 13.7. The highest BCUT2D eigenvalue weighted by Gasteiger charge is 2.39. The lowest BCUT2D eigenvalue weighted by Gasteiger charge is -2.20. The Kier molecular flexibility index (Phi) is 5.59. The number of hydrogen-bond acceptors (Lipinski definition) is 5. The van der Waals surface area contributed by atoms with Crippen LogP contribution in [0.3, 0.4) is 0 Å². The topological polar surface area (TPSA) is 79.7 Å². The van der Waals surface area contributed by atoms with Crippen LogP contribution in [0.25, 0.3) is 11.1 Å². The largest absolute Gasteiger partial charge is 0.573 e. The quantitative estimate of drug-likeness (QED) is 0.508. The van der Waals surface area contributed by atoms with Crippen molar-refractivity contribution in [1.29, 1.82) is 0 Å². The van der Waals surface area contributed by atoms with Crippen molar-refractivity contribution in [3.05, 3.63) is 30.3 Å². The molecule has 2 aromatic rings. The van der Waals surface area contributed by atoms with Crippen molar-refractivity contribution in [2.45, 2.75) is 19.1 Å². The highest BCUT2D eigenvalue weighted by atomic mass is 19.4. The second kappa shape index (κ2) is 7.33. The first-order valence-electron chi connectivity index (χ1n) is 7.15. The predicted molar refractivity (Wildman–Crippen MR) is 80.8 cm³/mol. The van der Waals surface area contributed by atoms with Gasteiger partial charge in [-0.05, 0) is 29.8 Å². The molecule has 2 rings (SSSR count). The highest BCUT2D eigenvalue weighted by Crippen LogP contribution is 2.47. The van der Waals surface area contributed by atoms with Gasteiger partial charge in [0.15, 0.2) is 17.2 Å². The van der Waals surface area contributed by atoms with E-state index in [0.717, 1.165) is 24.3 Å². The maximum atomic E-state index is 12.8. The molecule has 0 saturated heterocycles. The van der Waals surface area contributed by atoms with Crippen LogP contribution >= 0.6 is 0 Å². The molecule has 0 heterocycles. The van der Waals surface area contributed by atoms with Crippen molar-refractivity contribution in [3.8, 4) is 28.4 Å². The predicted octanol–water partition coefficient (Wildman–Crippen LogP) is 5.21. The normalized spacial score (nSPS) is 12.6. The molecular formula is C15H9F9N2O3. The van der Waals surface area contributed by atoms with Crippen molar-refractivity contribution in [3.63, 3.8) is 0 Å². The molecule has 0 aliphatic carbocycles. The molecule has 4 N–H and O–H groups in total. The van der Waals surface area contributed by atoms with E-state index in [1.807, 2.05) is 0 Å². The van der Waals surface area contributed by atoms with E-state index in [2.05, 4.69) is 14.2 Å². The van der Waals surface area contributed by atoms with Gasteiger partial charge in [-0.3, -0.25) is 0 Å². The Hall–Kier alpha value is -3.19. The maximum absolute atomic E-state index is 12.8. The third kappa shape index (κ3) is 6.15. The molecule has 0 amide bonds. The van der Waals surface area contributed by atoms with E-state index < -0.39 is 58.8 Å². The van der Waals surface area contributed by atoms with E-state index >= 15 is 0 Å². The van der Waals surface area contributed by atoms with Crippen molar-refractivity contribution < 1.29 is 53.7 Å². The van der Waals surface area contributed by atoms with Crippen molar-refractivity contribution >= 4 is 11.4 Å². The molecule has 0 unspecified atom stereocenters. The average molecular weight is 436 g/mol. The molecule has 0 spiro atoms. The molecule has 0 saturated carbocycles. The number of anilines is 2. The van der Waals surface area contributed by atoms with Gasteiger partial charge >= 0.3 is 19.1 Å². The molecule has 29 heavy (non-hydrogen) atoms. The first-order chi connectivity index (χ1) is 13.1. The number of halogens is 9. The van der Waals surface area contributed by atoms with Gasteiger partial charge in [-0.25, -0.2) is 0 Å². The second-order valence-corrected chi connectivity index (χ2v) is 5.26. The molecule has 2 aromatic carbocycles. The minimum atomic E-state index is -5.48. The minimum Gasteiger partial charge on any atom is -0.404 e. The fourth-order valence-electron chi connectivity index (χ4n) is 2.16. The van der Waals surface area contributed by atoms with Gasteiger partial charge in [0.1, 0.15) is 0 Å². The Balaban J connectivity index is 2.69. The zero-order valence-electron chi connectivity index (χ0n) is 13.7. The molecular weight excluding hydrogens is 427 g/mol. The third-order valence-electron chi connectivity index (χ3n) is 3.13. The summed E-state index contributed by atoms with van der Waals surface area (Å²) in [5, 5.41) is 0. The standard InChI is InChI=1S/C15H9F9N2O3/c16-13(17,18)27-10-5-6(1-3-8(10)25)7-2-4-9(26)12(29-15(22,23)24)11(7)28-14(19,20)21/h1-5H,25-26H2. The van der Waals surface area contributed by atoms with E-state index in [0.29, 0.717) is 6.07 Å². The Labute approximate surface area is 155 Å². The lowest BCUT2D eigenvalue weighted by atomic mass is 10.0. The van der Waals surface area contributed by atoms with Crippen LogP contribution in [-0.4, -0.2) is 19.1 Å². The van der Waals surface area contributed by atoms with E-state index in [1.54, 1.807) is 0 Å². The van der Waals surface area contributed by atoms with Crippen molar-refractivity contribution in [2.75, 3.05) is 11.5 Å². The summed E-state index contributed by atoms with van der Waals surface area (Å²) in [5.74, 6) is -4.04. The molecule has 0 aliphatic heterocycles.